The lowest BCUT2D eigenvalue weighted by Gasteiger charge is -2.61. The third-order valence-corrected chi connectivity index (χ3v) is 12.0. The Labute approximate surface area is 214 Å². The second-order valence-corrected chi connectivity index (χ2v) is 14.1. The fourth-order valence-electron chi connectivity index (χ4n) is 9.00. The molecule has 0 saturated heterocycles. The normalized spacial score (nSPS) is 42.9. The van der Waals surface area contributed by atoms with Gasteiger partial charge in [0.15, 0.2) is 0 Å². The highest BCUT2D eigenvalue weighted by molar-refractivity contribution is 5.79. The number of ketones is 1. The van der Waals surface area contributed by atoms with E-state index in [-0.39, 0.29) is 45.4 Å². The first kappa shape index (κ1) is 26.9. The second kappa shape index (κ2) is 8.69. The van der Waals surface area contributed by atoms with E-state index in [1.807, 2.05) is 0 Å². The molecule has 0 aliphatic heterocycles. The summed E-state index contributed by atoms with van der Waals surface area (Å²) in [6.45, 7) is 21.9. The summed E-state index contributed by atoms with van der Waals surface area (Å²) in [6.07, 6.45) is 10.2. The summed E-state index contributed by atoms with van der Waals surface area (Å²) >= 11 is 0. The molecular formula is C32H50O3. The molecule has 0 amide bonds. The average Bonchev–Trinajstić information content (AvgIpc) is 2.98. The standard InChI is InChI=1S/C32H50O3/c1-19(2)20(3)10-11-22(21(4)33)25-18-28(35)32(9)24-12-13-26-29(5,6)27(34)15-16-30(26,7)23(24)14-17-31(25,32)8/h12,14,19,22,25-28,34-35H,3,10-11,13,15-18H2,1-2,4-9H3/t22-,25+,26-,27-,28-,30+,31+,32+/m0/s1. The summed E-state index contributed by atoms with van der Waals surface area (Å²) in [5.41, 5.74) is 3.33. The van der Waals surface area contributed by atoms with Crippen molar-refractivity contribution in [3.05, 3.63) is 35.5 Å². The lowest BCUT2D eigenvalue weighted by atomic mass is 9.44. The first-order valence-electron chi connectivity index (χ1n) is 14.1. The van der Waals surface area contributed by atoms with Crippen molar-refractivity contribution in [1.82, 2.24) is 0 Å². The highest BCUT2D eigenvalue weighted by Crippen LogP contribution is 2.71. The van der Waals surface area contributed by atoms with E-state index in [0.29, 0.717) is 18.3 Å². The zero-order valence-electron chi connectivity index (χ0n) is 23.6. The Hall–Kier alpha value is -1.19. The number of rotatable bonds is 6. The van der Waals surface area contributed by atoms with Gasteiger partial charge in [-0.3, -0.25) is 4.79 Å². The van der Waals surface area contributed by atoms with Crippen LogP contribution in [-0.2, 0) is 4.79 Å². The van der Waals surface area contributed by atoms with Gasteiger partial charge in [-0.25, -0.2) is 0 Å². The number of Topliss-reactive ketones (excluding diaryl/α,β-unsaturated/α-hetero) is 1. The van der Waals surface area contributed by atoms with Crippen LogP contribution in [0.5, 0.6) is 0 Å². The van der Waals surface area contributed by atoms with Crippen LogP contribution in [0.1, 0.15) is 100 Å². The molecule has 4 aliphatic carbocycles. The lowest BCUT2D eigenvalue weighted by molar-refractivity contribution is -0.125. The molecule has 0 aromatic rings. The molecule has 2 fully saturated rings. The highest BCUT2D eigenvalue weighted by Gasteiger charge is 2.66. The van der Waals surface area contributed by atoms with Gasteiger partial charge in [-0.1, -0.05) is 72.8 Å². The Kier molecular flexibility index (Phi) is 6.67. The van der Waals surface area contributed by atoms with Gasteiger partial charge < -0.3 is 10.2 Å². The van der Waals surface area contributed by atoms with Crippen LogP contribution in [0.25, 0.3) is 0 Å². The van der Waals surface area contributed by atoms with Crippen molar-refractivity contribution >= 4 is 5.78 Å². The SMILES string of the molecule is C=C(CC[C@@H](C(C)=O)[C@H]1C[C@H](O)[C@@]2(C)C3=CC[C@H]4C(C)(C)[C@@H](O)CC[C@]4(C)C3=CC[C@]12C)C(C)C. The van der Waals surface area contributed by atoms with Crippen molar-refractivity contribution in [3.8, 4) is 0 Å². The monoisotopic (exact) mass is 482 g/mol. The number of allylic oxidation sites excluding steroid dienone is 4. The summed E-state index contributed by atoms with van der Waals surface area (Å²) in [4.78, 5) is 13.0. The molecule has 0 heterocycles. The smallest absolute Gasteiger partial charge is 0.133 e. The van der Waals surface area contributed by atoms with Crippen LogP contribution in [-0.4, -0.2) is 28.2 Å². The van der Waals surface area contributed by atoms with E-state index in [9.17, 15) is 15.0 Å². The molecule has 4 aliphatic rings. The lowest BCUT2D eigenvalue weighted by Crippen LogP contribution is -2.55. The first-order chi connectivity index (χ1) is 16.1. The Bertz CT molecular complexity index is 954. The number of aliphatic hydroxyl groups excluding tert-OH is 2. The van der Waals surface area contributed by atoms with Gasteiger partial charge in [-0.05, 0) is 97.0 Å². The highest BCUT2D eigenvalue weighted by atomic mass is 16.3. The maximum Gasteiger partial charge on any atom is 0.133 e. The maximum atomic E-state index is 13.0. The van der Waals surface area contributed by atoms with Crippen molar-refractivity contribution in [2.75, 3.05) is 0 Å². The number of hydrogen-bond donors (Lipinski definition) is 2. The largest absolute Gasteiger partial charge is 0.393 e. The van der Waals surface area contributed by atoms with Gasteiger partial charge in [0.25, 0.3) is 0 Å². The Morgan fingerprint density at radius 1 is 1.09 bits per heavy atom. The van der Waals surface area contributed by atoms with Crippen molar-refractivity contribution in [2.45, 2.75) is 113 Å². The van der Waals surface area contributed by atoms with Crippen LogP contribution in [0, 0.1) is 45.3 Å². The maximum absolute atomic E-state index is 13.0. The molecule has 0 spiro atoms. The molecule has 8 atom stereocenters. The third-order valence-electron chi connectivity index (χ3n) is 12.0. The van der Waals surface area contributed by atoms with E-state index in [0.717, 1.165) is 38.5 Å². The molecule has 0 radical (unpaired) electrons. The van der Waals surface area contributed by atoms with E-state index in [2.05, 4.69) is 67.2 Å². The van der Waals surface area contributed by atoms with Gasteiger partial charge >= 0.3 is 0 Å². The van der Waals surface area contributed by atoms with Gasteiger partial charge in [-0.15, -0.1) is 0 Å². The van der Waals surface area contributed by atoms with Crippen molar-refractivity contribution < 1.29 is 15.0 Å². The summed E-state index contributed by atoms with van der Waals surface area (Å²) in [7, 11) is 0. The Morgan fingerprint density at radius 2 is 1.74 bits per heavy atom. The molecule has 3 nitrogen and oxygen atoms in total. The molecule has 0 aromatic carbocycles. The number of carbonyl (C=O) groups excluding carboxylic acids is 1. The van der Waals surface area contributed by atoms with Crippen LogP contribution >= 0.6 is 0 Å². The minimum atomic E-state index is -0.454. The molecule has 0 bridgehead atoms. The minimum Gasteiger partial charge on any atom is -0.393 e. The van der Waals surface area contributed by atoms with Gasteiger partial charge in [0.1, 0.15) is 5.78 Å². The van der Waals surface area contributed by atoms with E-state index in [1.54, 1.807) is 6.92 Å². The van der Waals surface area contributed by atoms with E-state index < -0.39 is 6.10 Å². The van der Waals surface area contributed by atoms with Crippen molar-refractivity contribution in [1.29, 1.82) is 0 Å². The molecule has 2 saturated carbocycles. The zero-order chi connectivity index (χ0) is 26.1. The molecule has 2 N–H and O–H groups in total. The summed E-state index contributed by atoms with van der Waals surface area (Å²) in [5, 5.41) is 22.6. The number of aliphatic hydroxyl groups is 2. The van der Waals surface area contributed by atoms with Gasteiger partial charge in [-0.2, -0.15) is 0 Å². The van der Waals surface area contributed by atoms with Crippen LogP contribution in [0.2, 0.25) is 0 Å². The Balaban J connectivity index is 1.73. The molecule has 35 heavy (non-hydrogen) atoms. The van der Waals surface area contributed by atoms with Gasteiger partial charge in [0, 0.05) is 11.3 Å². The van der Waals surface area contributed by atoms with Crippen LogP contribution in [0.4, 0.5) is 0 Å². The average molecular weight is 483 g/mol. The fraction of sp³-hybridized carbons (Fsp3) is 0.781. The Morgan fingerprint density at radius 3 is 2.34 bits per heavy atom. The number of fused-ring (bicyclic) bond motifs is 5. The van der Waals surface area contributed by atoms with E-state index in [1.165, 1.54) is 16.7 Å². The van der Waals surface area contributed by atoms with Crippen LogP contribution < -0.4 is 0 Å². The minimum absolute atomic E-state index is 0.0178. The molecular weight excluding hydrogens is 432 g/mol. The summed E-state index contributed by atoms with van der Waals surface area (Å²) in [5.74, 6) is 1.19. The molecule has 3 heteroatoms. The predicted octanol–water partition coefficient (Wildman–Crippen LogP) is 7.04. The van der Waals surface area contributed by atoms with Crippen LogP contribution in [0.3, 0.4) is 0 Å². The van der Waals surface area contributed by atoms with Gasteiger partial charge in [0.2, 0.25) is 0 Å². The molecule has 0 unspecified atom stereocenters. The first-order valence-corrected chi connectivity index (χ1v) is 14.1. The van der Waals surface area contributed by atoms with Crippen molar-refractivity contribution in [2.24, 2.45) is 45.3 Å². The molecule has 196 valence electrons. The summed E-state index contributed by atoms with van der Waals surface area (Å²) < 4.78 is 0. The topological polar surface area (TPSA) is 57.5 Å². The van der Waals surface area contributed by atoms with E-state index >= 15 is 0 Å². The molecule has 0 aromatic heterocycles. The predicted molar refractivity (Wildman–Crippen MR) is 144 cm³/mol. The number of carbonyl (C=O) groups is 1. The fourth-order valence-corrected chi connectivity index (χ4v) is 9.00. The summed E-state index contributed by atoms with van der Waals surface area (Å²) in [6, 6.07) is 0. The van der Waals surface area contributed by atoms with Crippen LogP contribution in [0.15, 0.2) is 35.5 Å². The quantitative estimate of drug-likeness (QED) is 0.399. The number of hydrogen-bond acceptors (Lipinski definition) is 3. The zero-order valence-corrected chi connectivity index (χ0v) is 23.6. The van der Waals surface area contributed by atoms with Gasteiger partial charge in [0.05, 0.1) is 12.2 Å². The van der Waals surface area contributed by atoms with Crippen molar-refractivity contribution in [3.63, 3.8) is 0 Å². The third kappa shape index (κ3) is 3.69. The van der Waals surface area contributed by atoms with E-state index in [4.69, 9.17) is 0 Å². The molecule has 4 rings (SSSR count). The second-order valence-electron chi connectivity index (χ2n) is 14.1.